The Morgan fingerprint density at radius 1 is 0.381 bits per heavy atom. The summed E-state index contributed by atoms with van der Waals surface area (Å²) in [7, 11) is 0. The normalized spacial score (nSPS) is 13.0. The molecule has 1 aromatic heterocycles. The molecule has 0 spiro atoms. The van der Waals surface area contributed by atoms with E-state index < -0.39 is 0 Å². The van der Waals surface area contributed by atoms with Crippen LogP contribution in [0.15, 0.2) is 206 Å². The quantitative estimate of drug-likeness (QED) is 0.155. The number of para-hydroxylation sites is 1. The van der Waals surface area contributed by atoms with Crippen molar-refractivity contribution in [2.45, 2.75) is 45.4 Å². The van der Waals surface area contributed by atoms with Gasteiger partial charge in [0.25, 0.3) is 0 Å². The van der Waals surface area contributed by atoms with Gasteiger partial charge in [0.1, 0.15) is 0 Å². The third-order valence-electron chi connectivity index (χ3n) is 13.3. The highest BCUT2D eigenvalue weighted by atomic mass is 32.1. The zero-order chi connectivity index (χ0) is 42.9. The van der Waals surface area contributed by atoms with Crippen LogP contribution in [0.4, 0.5) is 17.1 Å². The summed E-state index contributed by atoms with van der Waals surface area (Å²) < 4.78 is 2.65. The number of thiophene rings is 1. The van der Waals surface area contributed by atoms with Crippen molar-refractivity contribution >= 4 is 48.6 Å². The van der Waals surface area contributed by atoms with Gasteiger partial charge in [0, 0.05) is 42.5 Å². The van der Waals surface area contributed by atoms with Crippen molar-refractivity contribution in [1.29, 1.82) is 0 Å². The molecular weight excluding hydrogens is 779 g/mol. The molecule has 11 rings (SSSR count). The lowest BCUT2D eigenvalue weighted by atomic mass is 9.81. The highest BCUT2D eigenvalue weighted by molar-refractivity contribution is 7.25. The van der Waals surface area contributed by atoms with Crippen molar-refractivity contribution in [3.63, 3.8) is 0 Å². The summed E-state index contributed by atoms with van der Waals surface area (Å²) in [5.41, 5.74) is 19.8. The van der Waals surface area contributed by atoms with Crippen molar-refractivity contribution in [2.24, 2.45) is 0 Å². The van der Waals surface area contributed by atoms with Gasteiger partial charge in [-0.1, -0.05) is 180 Å². The van der Waals surface area contributed by atoms with Gasteiger partial charge in [-0.3, -0.25) is 0 Å². The van der Waals surface area contributed by atoms with Gasteiger partial charge >= 0.3 is 0 Å². The molecule has 0 fully saturated rings. The third kappa shape index (κ3) is 6.87. The molecular formula is C61H49NS. The topological polar surface area (TPSA) is 3.24 Å². The third-order valence-corrected chi connectivity index (χ3v) is 14.4. The van der Waals surface area contributed by atoms with Crippen molar-refractivity contribution < 1.29 is 0 Å². The second-order valence-corrected chi connectivity index (χ2v) is 19.7. The molecule has 2 heteroatoms. The molecule has 1 heterocycles. The Morgan fingerprint density at radius 2 is 0.984 bits per heavy atom. The van der Waals surface area contributed by atoms with Crippen LogP contribution < -0.4 is 4.90 Å². The first-order valence-electron chi connectivity index (χ1n) is 22.1. The Balaban J connectivity index is 1.01. The molecule has 1 nitrogen and oxygen atoms in total. The molecule has 0 aliphatic heterocycles. The summed E-state index contributed by atoms with van der Waals surface area (Å²) in [4.78, 5) is 2.43. The van der Waals surface area contributed by atoms with Crippen LogP contribution in [-0.4, -0.2) is 0 Å². The summed E-state index contributed by atoms with van der Waals surface area (Å²) in [5.74, 6) is 0. The first-order chi connectivity index (χ1) is 30.6. The lowest BCUT2D eigenvalue weighted by Crippen LogP contribution is -2.15. The predicted octanol–water partition coefficient (Wildman–Crippen LogP) is 17.8. The summed E-state index contributed by atoms with van der Waals surface area (Å²) in [6.45, 7) is 11.6. The second-order valence-electron chi connectivity index (χ2n) is 18.6. The van der Waals surface area contributed by atoms with E-state index in [2.05, 4.69) is 246 Å². The standard InChI is InChI=1S/C61H49NS/c1-60(2,3)47-29-22-41(23-30-47)45-26-33-51-53-38-46(27-34-55(53)61(4,5)56(51)39-45)50-18-9-11-20-57(50)62(49-17-13-16-43(36-49)40-14-7-6-8-15-40)48-31-24-42(25-32-48)44-28-35-59-54(37-44)52-19-10-12-21-58(52)63-59/h6-39H,1-5H3. The molecule has 63 heavy (non-hydrogen) atoms. The number of hydrogen-bond acceptors (Lipinski definition) is 2. The molecule has 0 saturated heterocycles. The minimum atomic E-state index is -0.128. The number of nitrogens with zero attached hydrogens (tertiary/aromatic N) is 1. The first-order valence-corrected chi connectivity index (χ1v) is 22.9. The van der Waals surface area contributed by atoms with Crippen molar-refractivity contribution in [2.75, 3.05) is 4.90 Å². The van der Waals surface area contributed by atoms with Gasteiger partial charge < -0.3 is 4.90 Å². The van der Waals surface area contributed by atoms with Gasteiger partial charge in [-0.05, 0) is 133 Å². The van der Waals surface area contributed by atoms with E-state index in [4.69, 9.17) is 0 Å². The van der Waals surface area contributed by atoms with Gasteiger partial charge in [0.05, 0.1) is 5.69 Å². The lowest BCUT2D eigenvalue weighted by Gasteiger charge is -2.29. The van der Waals surface area contributed by atoms with E-state index >= 15 is 0 Å². The van der Waals surface area contributed by atoms with Crippen LogP contribution in [0.1, 0.15) is 51.3 Å². The molecule has 0 unspecified atom stereocenters. The fourth-order valence-corrected chi connectivity index (χ4v) is 10.9. The minimum absolute atomic E-state index is 0.126. The average Bonchev–Trinajstić information content (AvgIpc) is 3.80. The number of rotatable bonds is 7. The Labute approximate surface area is 375 Å². The molecule has 0 bridgehead atoms. The molecule has 10 aromatic rings. The van der Waals surface area contributed by atoms with E-state index in [1.807, 2.05) is 11.3 Å². The maximum Gasteiger partial charge on any atom is 0.0540 e. The Morgan fingerprint density at radius 3 is 1.78 bits per heavy atom. The van der Waals surface area contributed by atoms with Crippen LogP contribution in [0.3, 0.4) is 0 Å². The van der Waals surface area contributed by atoms with Crippen molar-refractivity contribution in [3.05, 3.63) is 223 Å². The van der Waals surface area contributed by atoms with Gasteiger partial charge in [0.2, 0.25) is 0 Å². The monoisotopic (exact) mass is 827 g/mol. The van der Waals surface area contributed by atoms with E-state index in [9.17, 15) is 0 Å². The maximum atomic E-state index is 2.44. The number of hydrogen-bond donors (Lipinski definition) is 0. The molecule has 0 saturated carbocycles. The Kier molecular flexibility index (Phi) is 9.33. The summed E-state index contributed by atoms with van der Waals surface area (Å²) in [5, 5.41) is 2.64. The zero-order valence-corrected chi connectivity index (χ0v) is 37.3. The van der Waals surface area contributed by atoms with Gasteiger partial charge in [0.15, 0.2) is 0 Å². The molecule has 304 valence electrons. The molecule has 1 aliphatic rings. The number of anilines is 3. The summed E-state index contributed by atoms with van der Waals surface area (Å²) >= 11 is 1.86. The maximum absolute atomic E-state index is 2.44. The smallest absolute Gasteiger partial charge is 0.0540 e. The van der Waals surface area contributed by atoms with E-state index in [1.165, 1.54) is 92.5 Å². The molecule has 9 aromatic carbocycles. The van der Waals surface area contributed by atoms with E-state index in [1.54, 1.807) is 0 Å². The van der Waals surface area contributed by atoms with Gasteiger partial charge in [-0.25, -0.2) is 0 Å². The fraction of sp³-hybridized carbons (Fsp3) is 0.115. The molecule has 0 amide bonds. The lowest BCUT2D eigenvalue weighted by molar-refractivity contribution is 0.590. The zero-order valence-electron chi connectivity index (χ0n) is 36.5. The molecule has 0 atom stereocenters. The van der Waals surface area contributed by atoms with Crippen LogP contribution in [0.2, 0.25) is 0 Å². The van der Waals surface area contributed by atoms with Crippen LogP contribution in [0.25, 0.3) is 75.8 Å². The summed E-state index contributed by atoms with van der Waals surface area (Å²) in [6.07, 6.45) is 0. The minimum Gasteiger partial charge on any atom is -0.310 e. The Hall–Kier alpha value is -7.00. The predicted molar refractivity (Wildman–Crippen MR) is 272 cm³/mol. The SMILES string of the molecule is CC(C)(C)c1ccc(-c2ccc3c(c2)C(C)(C)c2ccc(-c4ccccc4N(c4ccc(-c5ccc6sc7ccccc7c6c5)cc4)c4cccc(-c5ccccc5)c4)cc2-3)cc1. The van der Waals surface area contributed by atoms with E-state index in [-0.39, 0.29) is 10.8 Å². The molecule has 0 radical (unpaired) electrons. The van der Waals surface area contributed by atoms with Crippen LogP contribution in [0.5, 0.6) is 0 Å². The Bertz CT molecular complexity index is 3330. The highest BCUT2D eigenvalue weighted by Gasteiger charge is 2.36. The first kappa shape index (κ1) is 38.9. The van der Waals surface area contributed by atoms with E-state index in [0.717, 1.165) is 17.1 Å². The average molecular weight is 828 g/mol. The van der Waals surface area contributed by atoms with Crippen LogP contribution >= 0.6 is 11.3 Å². The largest absolute Gasteiger partial charge is 0.310 e. The number of benzene rings is 9. The highest BCUT2D eigenvalue weighted by Crippen LogP contribution is 2.52. The van der Waals surface area contributed by atoms with E-state index in [0.29, 0.717) is 0 Å². The van der Waals surface area contributed by atoms with Crippen LogP contribution in [-0.2, 0) is 10.8 Å². The molecule has 0 N–H and O–H groups in total. The molecule has 1 aliphatic carbocycles. The second kappa shape index (κ2) is 15.1. The van der Waals surface area contributed by atoms with Crippen molar-refractivity contribution in [1.82, 2.24) is 0 Å². The van der Waals surface area contributed by atoms with Gasteiger partial charge in [-0.2, -0.15) is 0 Å². The number of fused-ring (bicyclic) bond motifs is 6. The van der Waals surface area contributed by atoms with Crippen LogP contribution in [0, 0.1) is 0 Å². The van der Waals surface area contributed by atoms with Crippen molar-refractivity contribution in [3.8, 4) is 55.6 Å². The van der Waals surface area contributed by atoms with Gasteiger partial charge in [-0.15, -0.1) is 11.3 Å². The fourth-order valence-electron chi connectivity index (χ4n) is 9.77. The summed E-state index contributed by atoms with van der Waals surface area (Å²) in [6, 6.07) is 76.7.